The van der Waals surface area contributed by atoms with E-state index in [0.29, 0.717) is 17.4 Å². The van der Waals surface area contributed by atoms with E-state index >= 15 is 0 Å². The Bertz CT molecular complexity index is 1040. The number of carbonyl (C=O) groups excluding carboxylic acids is 1. The molecule has 0 radical (unpaired) electrons. The van der Waals surface area contributed by atoms with Crippen LogP contribution in [0.15, 0.2) is 40.9 Å². The van der Waals surface area contributed by atoms with E-state index in [-0.39, 0.29) is 5.91 Å². The van der Waals surface area contributed by atoms with Crippen LogP contribution in [-0.4, -0.2) is 71.7 Å². The highest BCUT2D eigenvalue weighted by Gasteiger charge is 2.27. The van der Waals surface area contributed by atoms with Crippen LogP contribution in [0.2, 0.25) is 5.15 Å². The van der Waals surface area contributed by atoms with Gasteiger partial charge in [0.05, 0.1) is 5.39 Å². The second-order valence-corrected chi connectivity index (χ2v) is 7.90. The van der Waals surface area contributed by atoms with Gasteiger partial charge in [-0.1, -0.05) is 35.0 Å². The van der Waals surface area contributed by atoms with Crippen LogP contribution in [0, 0.1) is 0 Å². The molecule has 1 aromatic carbocycles. The molecule has 1 saturated heterocycles. The number of halogens is 1. The molecule has 0 unspecified atom stereocenters. The predicted molar refractivity (Wildman–Crippen MR) is 112 cm³/mol. The molecule has 1 fully saturated rings. The summed E-state index contributed by atoms with van der Waals surface area (Å²) in [5, 5.41) is 5.69. The molecule has 0 atom stereocenters. The van der Waals surface area contributed by atoms with E-state index in [2.05, 4.69) is 19.9 Å². The average Bonchev–Trinajstić information content (AvgIpc) is 3.18. The van der Waals surface area contributed by atoms with E-state index < -0.39 is 0 Å². The molecule has 0 bridgehead atoms. The molecule has 3 aromatic rings. The Kier molecular flexibility index (Phi) is 4.85. The summed E-state index contributed by atoms with van der Waals surface area (Å²) in [6.45, 7) is 5.96. The van der Waals surface area contributed by atoms with Crippen molar-refractivity contribution in [3.05, 3.63) is 52.8 Å². The van der Waals surface area contributed by atoms with Gasteiger partial charge in [-0.05, 0) is 30.2 Å². The Hall–Kier alpha value is -2.64. The standard InChI is InChI=1S/C21H22ClN5O2/c22-18-6-5-15-7-8-27(21(28)19(15)23-18)14-11-25-9-12-26(13-10-25)20-16-3-1-2-4-17(16)29-24-20/h1-6H,7-14H2. The van der Waals surface area contributed by atoms with E-state index in [0.717, 1.165) is 68.0 Å². The molecule has 150 valence electrons. The van der Waals surface area contributed by atoms with Crippen molar-refractivity contribution in [2.75, 3.05) is 50.7 Å². The number of piperazine rings is 1. The van der Waals surface area contributed by atoms with Crippen molar-refractivity contribution in [3.8, 4) is 0 Å². The zero-order valence-electron chi connectivity index (χ0n) is 16.1. The molecule has 2 aliphatic heterocycles. The van der Waals surface area contributed by atoms with Gasteiger partial charge in [0, 0.05) is 45.8 Å². The summed E-state index contributed by atoms with van der Waals surface area (Å²) < 4.78 is 5.44. The molecular weight excluding hydrogens is 390 g/mol. The zero-order valence-corrected chi connectivity index (χ0v) is 16.8. The minimum Gasteiger partial charge on any atom is -0.354 e. The summed E-state index contributed by atoms with van der Waals surface area (Å²) in [6, 6.07) is 11.6. The van der Waals surface area contributed by atoms with Gasteiger partial charge < -0.3 is 14.3 Å². The van der Waals surface area contributed by atoms with E-state index in [9.17, 15) is 4.79 Å². The Balaban J connectivity index is 1.17. The Morgan fingerprint density at radius 1 is 1.00 bits per heavy atom. The Morgan fingerprint density at radius 2 is 1.83 bits per heavy atom. The van der Waals surface area contributed by atoms with Crippen LogP contribution in [-0.2, 0) is 6.42 Å². The fourth-order valence-corrected chi connectivity index (χ4v) is 4.26. The first-order valence-electron chi connectivity index (χ1n) is 9.95. The lowest BCUT2D eigenvalue weighted by Gasteiger charge is -2.36. The molecular formula is C21H22ClN5O2. The molecule has 2 aromatic heterocycles. The largest absolute Gasteiger partial charge is 0.354 e. The van der Waals surface area contributed by atoms with Crippen molar-refractivity contribution in [1.29, 1.82) is 0 Å². The summed E-state index contributed by atoms with van der Waals surface area (Å²) in [5.74, 6) is 0.910. The number of nitrogens with zero attached hydrogens (tertiary/aromatic N) is 5. The fraction of sp³-hybridized carbons (Fsp3) is 0.381. The monoisotopic (exact) mass is 411 g/mol. The number of pyridine rings is 1. The Morgan fingerprint density at radius 3 is 2.69 bits per heavy atom. The number of hydrogen-bond donors (Lipinski definition) is 0. The van der Waals surface area contributed by atoms with Crippen molar-refractivity contribution in [1.82, 2.24) is 19.9 Å². The van der Waals surface area contributed by atoms with E-state index in [1.807, 2.05) is 35.2 Å². The van der Waals surface area contributed by atoms with Crippen LogP contribution in [0.25, 0.3) is 11.0 Å². The number of amides is 1. The van der Waals surface area contributed by atoms with E-state index in [1.165, 1.54) is 0 Å². The predicted octanol–water partition coefficient (Wildman–Crippen LogP) is 2.70. The first kappa shape index (κ1) is 18.4. The van der Waals surface area contributed by atoms with E-state index in [1.54, 1.807) is 6.07 Å². The molecule has 0 N–H and O–H groups in total. The smallest absolute Gasteiger partial charge is 0.272 e. The lowest BCUT2D eigenvalue weighted by atomic mass is 10.0. The van der Waals surface area contributed by atoms with Crippen molar-refractivity contribution in [2.45, 2.75) is 6.42 Å². The molecule has 2 aliphatic rings. The number of anilines is 1. The Labute approximate surface area is 173 Å². The zero-order chi connectivity index (χ0) is 19.8. The van der Waals surface area contributed by atoms with Gasteiger partial charge in [-0.25, -0.2) is 4.98 Å². The topological polar surface area (TPSA) is 65.7 Å². The van der Waals surface area contributed by atoms with Gasteiger partial charge in [-0.2, -0.15) is 0 Å². The lowest BCUT2D eigenvalue weighted by Crippen LogP contribution is -2.50. The molecule has 7 nitrogen and oxygen atoms in total. The minimum absolute atomic E-state index is 0.0125. The molecule has 8 heteroatoms. The second-order valence-electron chi connectivity index (χ2n) is 7.51. The number of hydrogen-bond acceptors (Lipinski definition) is 6. The molecule has 5 rings (SSSR count). The number of fused-ring (bicyclic) bond motifs is 2. The van der Waals surface area contributed by atoms with Gasteiger partial charge >= 0.3 is 0 Å². The number of aromatic nitrogens is 2. The summed E-state index contributed by atoms with van der Waals surface area (Å²) in [7, 11) is 0. The SMILES string of the molecule is O=C1c2nc(Cl)ccc2CCN1CCN1CCN(c2noc3ccccc23)CC1. The summed E-state index contributed by atoms with van der Waals surface area (Å²) in [6.07, 6.45) is 0.832. The van der Waals surface area contributed by atoms with Gasteiger partial charge in [0.25, 0.3) is 5.91 Å². The lowest BCUT2D eigenvalue weighted by molar-refractivity contribution is 0.0710. The minimum atomic E-state index is -0.0125. The summed E-state index contributed by atoms with van der Waals surface area (Å²) in [5.41, 5.74) is 2.32. The van der Waals surface area contributed by atoms with Gasteiger partial charge in [-0.15, -0.1) is 0 Å². The maximum absolute atomic E-state index is 12.7. The van der Waals surface area contributed by atoms with Gasteiger partial charge in [0.2, 0.25) is 0 Å². The number of benzene rings is 1. The third-order valence-corrected chi connectivity index (χ3v) is 6.01. The maximum Gasteiger partial charge on any atom is 0.272 e. The van der Waals surface area contributed by atoms with Crippen LogP contribution in [0.4, 0.5) is 5.82 Å². The normalized spacial score (nSPS) is 17.8. The molecule has 4 heterocycles. The van der Waals surface area contributed by atoms with Crippen LogP contribution < -0.4 is 4.90 Å². The third kappa shape index (κ3) is 3.56. The van der Waals surface area contributed by atoms with Crippen molar-refractivity contribution >= 4 is 34.3 Å². The first-order valence-corrected chi connectivity index (χ1v) is 10.3. The van der Waals surface area contributed by atoms with Crippen molar-refractivity contribution in [2.24, 2.45) is 0 Å². The fourth-order valence-electron chi connectivity index (χ4n) is 4.12. The molecule has 0 spiro atoms. The number of para-hydroxylation sites is 1. The second kappa shape index (κ2) is 7.65. The van der Waals surface area contributed by atoms with E-state index in [4.69, 9.17) is 16.1 Å². The molecule has 29 heavy (non-hydrogen) atoms. The van der Waals surface area contributed by atoms with Crippen molar-refractivity contribution < 1.29 is 9.32 Å². The highest BCUT2D eigenvalue weighted by atomic mass is 35.5. The molecule has 1 amide bonds. The van der Waals surface area contributed by atoms with Crippen molar-refractivity contribution in [3.63, 3.8) is 0 Å². The highest BCUT2D eigenvalue weighted by Crippen LogP contribution is 2.26. The summed E-state index contributed by atoms with van der Waals surface area (Å²) in [4.78, 5) is 23.5. The summed E-state index contributed by atoms with van der Waals surface area (Å²) >= 11 is 5.97. The van der Waals surface area contributed by atoms with Gasteiger partial charge in [-0.3, -0.25) is 9.69 Å². The van der Waals surface area contributed by atoms with Gasteiger partial charge in [0.15, 0.2) is 11.4 Å². The maximum atomic E-state index is 12.7. The number of carbonyl (C=O) groups is 1. The quantitative estimate of drug-likeness (QED) is 0.615. The van der Waals surface area contributed by atoms with Crippen LogP contribution >= 0.6 is 11.6 Å². The highest BCUT2D eigenvalue weighted by molar-refractivity contribution is 6.29. The number of rotatable bonds is 4. The van der Waals surface area contributed by atoms with Crippen LogP contribution in [0.3, 0.4) is 0 Å². The first-order chi connectivity index (χ1) is 14.2. The molecule has 0 aliphatic carbocycles. The third-order valence-electron chi connectivity index (χ3n) is 5.80. The molecule has 0 saturated carbocycles. The van der Waals surface area contributed by atoms with Crippen LogP contribution in [0.1, 0.15) is 16.1 Å². The average molecular weight is 412 g/mol. The van der Waals surface area contributed by atoms with Crippen LogP contribution in [0.5, 0.6) is 0 Å². The van der Waals surface area contributed by atoms with Gasteiger partial charge in [0.1, 0.15) is 10.8 Å².